The number of carbonyl (C=O) groups is 2. The van der Waals surface area contributed by atoms with Crippen LogP contribution >= 0.6 is 15.9 Å². The second-order valence-electron chi connectivity index (χ2n) is 6.40. The summed E-state index contributed by atoms with van der Waals surface area (Å²) in [6.07, 6.45) is -3.30. The molecule has 2 amide bonds. The van der Waals surface area contributed by atoms with Crippen molar-refractivity contribution in [2.45, 2.75) is 19.6 Å². The summed E-state index contributed by atoms with van der Waals surface area (Å²) in [5, 5.41) is 4.58. The van der Waals surface area contributed by atoms with E-state index in [0.29, 0.717) is 0 Å². The fourth-order valence-electron chi connectivity index (χ4n) is 2.82. The minimum Gasteiger partial charge on any atom is -0.359 e. The van der Waals surface area contributed by atoms with E-state index in [1.54, 1.807) is 0 Å². The first-order valence-electron chi connectivity index (χ1n) is 8.39. The monoisotopic (exact) mass is 489 g/mol. The van der Waals surface area contributed by atoms with Crippen molar-refractivity contribution in [3.05, 3.63) is 63.3 Å². The minimum atomic E-state index is -4.54. The number of hydrogen-bond acceptors (Lipinski definition) is 2. The Labute approximate surface area is 174 Å². The molecular formula is C19H13BrF5N3O2. The summed E-state index contributed by atoms with van der Waals surface area (Å²) in [5.74, 6) is -4.52. The van der Waals surface area contributed by atoms with Crippen molar-refractivity contribution in [1.29, 1.82) is 0 Å². The number of amides is 2. The summed E-state index contributed by atoms with van der Waals surface area (Å²) in [6.45, 7) is 1.000. The first-order chi connectivity index (χ1) is 14.0. The molecule has 0 atom stereocenters. The molecule has 11 heteroatoms. The van der Waals surface area contributed by atoms with Gasteiger partial charge in [-0.2, -0.15) is 13.2 Å². The third-order valence-corrected chi connectivity index (χ3v) is 5.06. The molecule has 5 nitrogen and oxygen atoms in total. The Kier molecular flexibility index (Phi) is 5.84. The first-order valence-corrected chi connectivity index (χ1v) is 9.18. The Balaban J connectivity index is 1.71. The molecule has 1 aromatic heterocycles. The third-order valence-electron chi connectivity index (χ3n) is 4.32. The van der Waals surface area contributed by atoms with Gasteiger partial charge in [0, 0.05) is 24.2 Å². The molecule has 0 aliphatic carbocycles. The molecule has 158 valence electrons. The summed E-state index contributed by atoms with van der Waals surface area (Å²) in [4.78, 5) is 26.8. The van der Waals surface area contributed by atoms with Crippen molar-refractivity contribution in [3.63, 3.8) is 0 Å². The molecule has 0 bridgehead atoms. The number of hydrogen-bond donors (Lipinski definition) is 3. The number of fused-ring (bicyclic) bond motifs is 1. The van der Waals surface area contributed by atoms with Crippen LogP contribution < -0.4 is 10.6 Å². The van der Waals surface area contributed by atoms with E-state index in [1.165, 1.54) is 25.3 Å². The summed E-state index contributed by atoms with van der Waals surface area (Å²) in [6, 6.07) is 4.45. The van der Waals surface area contributed by atoms with Crippen molar-refractivity contribution >= 4 is 44.3 Å². The summed E-state index contributed by atoms with van der Waals surface area (Å²) < 4.78 is 65.9. The van der Waals surface area contributed by atoms with Gasteiger partial charge in [0.05, 0.1) is 21.2 Å². The van der Waals surface area contributed by atoms with Crippen molar-refractivity contribution in [3.8, 4) is 0 Å². The highest BCUT2D eigenvalue weighted by molar-refractivity contribution is 9.10. The van der Waals surface area contributed by atoms with Crippen LogP contribution in [0.2, 0.25) is 0 Å². The Morgan fingerprint density at radius 3 is 2.50 bits per heavy atom. The second kappa shape index (κ2) is 8.05. The quantitative estimate of drug-likeness (QED) is 0.281. The Morgan fingerprint density at radius 1 is 1.13 bits per heavy atom. The maximum absolute atomic E-state index is 13.8. The van der Waals surface area contributed by atoms with Crippen LogP contribution in [0.15, 0.2) is 34.9 Å². The lowest BCUT2D eigenvalue weighted by molar-refractivity contribution is -0.138. The van der Waals surface area contributed by atoms with Gasteiger partial charge < -0.3 is 15.6 Å². The van der Waals surface area contributed by atoms with Gasteiger partial charge in [0.2, 0.25) is 0 Å². The Hall–Kier alpha value is -2.95. The number of rotatable bonds is 3. The molecule has 0 saturated heterocycles. The molecule has 0 radical (unpaired) electrons. The van der Waals surface area contributed by atoms with Gasteiger partial charge in [0.25, 0.3) is 0 Å². The van der Waals surface area contributed by atoms with Gasteiger partial charge >= 0.3 is 18.0 Å². The van der Waals surface area contributed by atoms with Gasteiger partial charge in [-0.25, -0.2) is 8.78 Å². The molecule has 0 spiro atoms. The topological polar surface area (TPSA) is 74.0 Å². The van der Waals surface area contributed by atoms with Gasteiger partial charge in [-0.05, 0) is 40.0 Å². The van der Waals surface area contributed by atoms with Gasteiger partial charge in [0.15, 0.2) is 11.6 Å². The first kappa shape index (κ1) is 21.8. The van der Waals surface area contributed by atoms with Crippen molar-refractivity contribution in [1.82, 2.24) is 10.3 Å². The molecule has 0 aliphatic heterocycles. The molecule has 3 rings (SSSR count). The number of carbonyl (C=O) groups excluding carboxylic acids is 2. The molecule has 0 fully saturated rings. The normalized spacial score (nSPS) is 11.6. The average molecular weight is 490 g/mol. The fourth-order valence-corrected chi connectivity index (χ4v) is 3.44. The van der Waals surface area contributed by atoms with Gasteiger partial charge in [-0.1, -0.05) is 12.1 Å². The number of aryl methyl sites for hydroxylation is 1. The zero-order valence-electron chi connectivity index (χ0n) is 15.2. The van der Waals surface area contributed by atoms with E-state index in [9.17, 15) is 31.5 Å². The highest BCUT2D eigenvalue weighted by Crippen LogP contribution is 2.34. The summed E-state index contributed by atoms with van der Waals surface area (Å²) in [7, 11) is 0. The summed E-state index contributed by atoms with van der Waals surface area (Å²) >= 11 is 2.90. The van der Waals surface area contributed by atoms with Gasteiger partial charge in [0.1, 0.15) is 0 Å². The maximum Gasteiger partial charge on any atom is 0.416 e. The van der Waals surface area contributed by atoms with Gasteiger partial charge in [-0.15, -0.1) is 0 Å². The summed E-state index contributed by atoms with van der Waals surface area (Å²) in [5.41, 5.74) is -0.455. The lowest BCUT2D eigenvalue weighted by atomic mass is 10.0. The number of benzene rings is 2. The third kappa shape index (κ3) is 4.30. The smallest absolute Gasteiger partial charge is 0.359 e. The Morgan fingerprint density at radius 2 is 1.83 bits per heavy atom. The number of anilines is 1. The van der Waals surface area contributed by atoms with Crippen molar-refractivity contribution < 1.29 is 31.5 Å². The van der Waals surface area contributed by atoms with Crippen molar-refractivity contribution in [2.75, 3.05) is 5.32 Å². The largest absolute Gasteiger partial charge is 0.416 e. The zero-order chi connectivity index (χ0) is 22.2. The zero-order valence-corrected chi connectivity index (χ0v) is 16.8. The van der Waals surface area contributed by atoms with E-state index in [1.807, 2.05) is 0 Å². The van der Waals surface area contributed by atoms with Crippen LogP contribution in [0, 0.1) is 18.6 Å². The number of H-pyrrole nitrogens is 1. The SMILES string of the molecule is Cc1ccc(CNC(=O)C(=O)Nc2c[nH]c3cc(F)c(F)c(Br)c23)cc1C(F)(F)F. The van der Waals surface area contributed by atoms with Crippen LogP contribution in [0.25, 0.3) is 10.9 Å². The van der Waals surface area contributed by atoms with Gasteiger partial charge in [-0.3, -0.25) is 9.59 Å². The molecule has 3 N–H and O–H groups in total. The van der Waals surface area contributed by atoms with Crippen molar-refractivity contribution in [2.24, 2.45) is 0 Å². The molecule has 3 aromatic rings. The molecule has 0 saturated carbocycles. The van der Waals surface area contributed by atoms with Crippen LogP contribution in [0.1, 0.15) is 16.7 Å². The number of alkyl halides is 3. The number of aromatic nitrogens is 1. The molecule has 1 heterocycles. The fraction of sp³-hybridized carbons (Fsp3) is 0.158. The maximum atomic E-state index is 13.8. The van der Waals surface area contributed by atoms with E-state index >= 15 is 0 Å². The van der Waals surface area contributed by atoms with Crippen LogP contribution in [0.5, 0.6) is 0 Å². The van der Waals surface area contributed by atoms with E-state index in [4.69, 9.17) is 0 Å². The second-order valence-corrected chi connectivity index (χ2v) is 7.19. The molecular weight excluding hydrogens is 477 g/mol. The number of aromatic amines is 1. The van der Waals surface area contributed by atoms with E-state index in [0.717, 1.165) is 12.1 Å². The van der Waals surface area contributed by atoms with E-state index in [2.05, 4.69) is 31.5 Å². The highest BCUT2D eigenvalue weighted by Gasteiger charge is 2.32. The van der Waals surface area contributed by atoms with Crippen LogP contribution in [0.3, 0.4) is 0 Å². The van der Waals surface area contributed by atoms with E-state index in [-0.39, 0.29) is 38.7 Å². The van der Waals surface area contributed by atoms with Crippen LogP contribution in [-0.4, -0.2) is 16.8 Å². The number of nitrogens with one attached hydrogen (secondary N) is 3. The minimum absolute atomic E-state index is 0.0191. The molecule has 30 heavy (non-hydrogen) atoms. The van der Waals surface area contributed by atoms with Crippen LogP contribution in [-0.2, 0) is 22.3 Å². The lowest BCUT2D eigenvalue weighted by Crippen LogP contribution is -2.35. The molecule has 0 aliphatic rings. The predicted molar refractivity (Wildman–Crippen MR) is 103 cm³/mol. The van der Waals surface area contributed by atoms with Crippen LogP contribution in [0.4, 0.5) is 27.6 Å². The average Bonchev–Trinajstić information content (AvgIpc) is 3.06. The predicted octanol–water partition coefficient (Wildman–Crippen LogP) is 4.79. The lowest BCUT2D eigenvalue weighted by Gasteiger charge is -2.12. The molecule has 0 unspecified atom stereocenters. The highest BCUT2D eigenvalue weighted by atomic mass is 79.9. The molecule has 2 aromatic carbocycles. The number of halogens is 6. The Bertz CT molecular complexity index is 1160. The standard InChI is InChI=1S/C19H13BrF5N3O2/c1-8-2-3-9(4-10(8)19(23,24)25)6-27-17(29)18(30)28-13-7-26-12-5-11(21)16(22)15(20)14(12)13/h2-5,7,26H,6H2,1H3,(H,27,29)(H,28,30). The van der Waals surface area contributed by atoms with E-state index < -0.39 is 35.2 Å².